The maximum absolute atomic E-state index is 9.51. The number of benzene rings is 1. The van der Waals surface area contributed by atoms with Crippen LogP contribution in [-0.4, -0.2) is 11.7 Å². The summed E-state index contributed by atoms with van der Waals surface area (Å²) in [7, 11) is 0. The quantitative estimate of drug-likeness (QED) is 0.689. The van der Waals surface area contributed by atoms with Crippen LogP contribution in [0, 0.1) is 0 Å². The molecule has 1 aliphatic rings. The van der Waals surface area contributed by atoms with Crippen molar-refractivity contribution in [1.29, 1.82) is 0 Å². The van der Waals surface area contributed by atoms with Gasteiger partial charge >= 0.3 is 0 Å². The molecule has 1 aliphatic heterocycles. The first kappa shape index (κ1) is 12.0. The number of hydrogen-bond donors (Lipinski definition) is 1. The van der Waals surface area contributed by atoms with Crippen molar-refractivity contribution in [2.24, 2.45) is 0 Å². The Morgan fingerprint density at radius 1 is 1.18 bits per heavy atom. The number of phenols is 1. The third-order valence-electron chi connectivity index (χ3n) is 3.19. The summed E-state index contributed by atoms with van der Waals surface area (Å²) in [5, 5.41) is 9.51. The zero-order valence-corrected chi connectivity index (χ0v) is 10.4. The van der Waals surface area contributed by atoms with Crippen LogP contribution < -0.4 is 4.74 Å². The Balaban J connectivity index is 2.15. The molecule has 0 fully saturated rings. The summed E-state index contributed by atoms with van der Waals surface area (Å²) >= 11 is 0. The van der Waals surface area contributed by atoms with Crippen molar-refractivity contribution in [3.63, 3.8) is 0 Å². The van der Waals surface area contributed by atoms with Crippen molar-refractivity contribution < 1.29 is 9.84 Å². The molecule has 0 saturated carbocycles. The summed E-state index contributed by atoms with van der Waals surface area (Å²) in [5.74, 6) is 1.26. The molecule has 0 bridgehead atoms. The molecule has 2 nitrogen and oxygen atoms in total. The van der Waals surface area contributed by atoms with Gasteiger partial charge in [-0.1, -0.05) is 11.6 Å². The lowest BCUT2D eigenvalue weighted by atomic mass is 10.1. The highest BCUT2D eigenvalue weighted by Gasteiger charge is 2.06. The summed E-state index contributed by atoms with van der Waals surface area (Å²) in [6.45, 7) is 2.89. The van der Waals surface area contributed by atoms with Crippen LogP contribution in [0.1, 0.15) is 38.2 Å². The monoisotopic (exact) mass is 232 g/mol. The van der Waals surface area contributed by atoms with Gasteiger partial charge in [0.2, 0.25) is 0 Å². The zero-order valence-electron chi connectivity index (χ0n) is 10.4. The maximum atomic E-state index is 9.51. The highest BCUT2D eigenvalue weighted by atomic mass is 16.5. The number of aryl methyl sites for hydroxylation is 1. The molecule has 2 rings (SSSR count). The second-order valence-electron chi connectivity index (χ2n) is 4.69. The summed E-state index contributed by atoms with van der Waals surface area (Å²) in [4.78, 5) is 0. The van der Waals surface area contributed by atoms with Gasteiger partial charge in [-0.15, -0.1) is 0 Å². The Morgan fingerprint density at radius 2 is 2.06 bits per heavy atom. The van der Waals surface area contributed by atoms with Crippen LogP contribution >= 0.6 is 0 Å². The van der Waals surface area contributed by atoms with Gasteiger partial charge in [-0.2, -0.15) is 0 Å². The number of fused-ring (bicyclic) bond motifs is 1. The van der Waals surface area contributed by atoms with Crippen molar-refractivity contribution in [3.8, 4) is 11.5 Å². The Kier molecular flexibility index (Phi) is 4.08. The van der Waals surface area contributed by atoms with Gasteiger partial charge in [-0.3, -0.25) is 0 Å². The van der Waals surface area contributed by atoms with Gasteiger partial charge in [-0.05, 0) is 56.4 Å². The number of aromatic hydroxyl groups is 1. The number of phenolic OH excluding ortho intramolecular Hbond substituents is 1. The zero-order chi connectivity index (χ0) is 12.1. The number of allylic oxidation sites excluding steroid dienone is 1. The van der Waals surface area contributed by atoms with Crippen LogP contribution in [-0.2, 0) is 6.42 Å². The topological polar surface area (TPSA) is 29.5 Å². The predicted octanol–water partition coefficient (Wildman–Crippen LogP) is 3.83. The van der Waals surface area contributed by atoms with Gasteiger partial charge in [0, 0.05) is 6.42 Å². The average molecular weight is 232 g/mol. The Hall–Kier alpha value is -1.44. The fraction of sp³-hybridized carbons (Fsp3) is 0.467. The lowest BCUT2D eigenvalue weighted by Gasteiger charge is -2.11. The van der Waals surface area contributed by atoms with Crippen molar-refractivity contribution in [1.82, 2.24) is 0 Å². The van der Waals surface area contributed by atoms with Gasteiger partial charge < -0.3 is 9.84 Å². The molecular formula is C15H20O2. The Bertz CT molecular complexity index is 407. The first-order chi connectivity index (χ1) is 8.25. The molecule has 1 N–H and O–H groups in total. The first-order valence-electron chi connectivity index (χ1n) is 6.36. The van der Waals surface area contributed by atoms with Crippen LogP contribution in [0.2, 0.25) is 0 Å². The second kappa shape index (κ2) is 5.76. The molecule has 0 spiro atoms. The molecule has 17 heavy (non-hydrogen) atoms. The van der Waals surface area contributed by atoms with Gasteiger partial charge in [0.25, 0.3) is 0 Å². The summed E-state index contributed by atoms with van der Waals surface area (Å²) in [6.07, 6.45) is 7.78. The lowest BCUT2D eigenvalue weighted by molar-refractivity contribution is 0.317. The molecule has 2 heteroatoms. The van der Waals surface area contributed by atoms with Crippen LogP contribution in [0.15, 0.2) is 29.8 Å². The van der Waals surface area contributed by atoms with Gasteiger partial charge in [0.15, 0.2) is 0 Å². The van der Waals surface area contributed by atoms with Crippen LogP contribution in [0.25, 0.3) is 0 Å². The molecule has 92 valence electrons. The van der Waals surface area contributed by atoms with Crippen molar-refractivity contribution in [2.75, 3.05) is 6.61 Å². The summed E-state index contributed by atoms with van der Waals surface area (Å²) < 4.78 is 5.79. The molecular weight excluding hydrogens is 212 g/mol. The number of rotatable bonds is 0. The SMILES string of the molecule is C/C1=C\CCCCc2cc(O)ccc2OCC1. The molecule has 0 radical (unpaired) electrons. The molecule has 1 aromatic carbocycles. The highest BCUT2D eigenvalue weighted by Crippen LogP contribution is 2.26. The Morgan fingerprint density at radius 3 is 2.94 bits per heavy atom. The van der Waals surface area contributed by atoms with E-state index in [4.69, 9.17) is 4.74 Å². The normalized spacial score (nSPS) is 20.4. The first-order valence-corrected chi connectivity index (χ1v) is 6.36. The van der Waals surface area contributed by atoms with Gasteiger partial charge in [0.1, 0.15) is 11.5 Å². The summed E-state index contributed by atoms with van der Waals surface area (Å²) in [5.41, 5.74) is 2.54. The van der Waals surface area contributed by atoms with E-state index in [1.807, 2.05) is 12.1 Å². The molecule has 0 amide bonds. The van der Waals surface area contributed by atoms with Crippen LogP contribution in [0.3, 0.4) is 0 Å². The van der Waals surface area contributed by atoms with E-state index in [2.05, 4.69) is 13.0 Å². The third-order valence-corrected chi connectivity index (χ3v) is 3.19. The van der Waals surface area contributed by atoms with E-state index in [1.165, 1.54) is 12.0 Å². The molecule has 1 heterocycles. The van der Waals surface area contributed by atoms with Gasteiger partial charge in [-0.25, -0.2) is 0 Å². The minimum Gasteiger partial charge on any atom is -0.508 e. The number of hydrogen-bond acceptors (Lipinski definition) is 2. The third kappa shape index (κ3) is 3.52. The van der Waals surface area contributed by atoms with E-state index in [-0.39, 0.29) is 0 Å². The Labute approximate surface area is 103 Å². The highest BCUT2D eigenvalue weighted by molar-refractivity contribution is 5.39. The molecule has 0 aliphatic carbocycles. The fourth-order valence-corrected chi connectivity index (χ4v) is 2.13. The van der Waals surface area contributed by atoms with E-state index in [9.17, 15) is 5.11 Å². The van der Waals surface area contributed by atoms with E-state index in [0.29, 0.717) is 5.75 Å². The van der Waals surface area contributed by atoms with Crippen molar-refractivity contribution in [3.05, 3.63) is 35.4 Å². The summed E-state index contributed by atoms with van der Waals surface area (Å²) in [6, 6.07) is 5.40. The molecule has 1 aromatic rings. The lowest BCUT2D eigenvalue weighted by Crippen LogP contribution is -2.00. The molecule has 0 saturated heterocycles. The largest absolute Gasteiger partial charge is 0.508 e. The molecule has 0 aromatic heterocycles. The molecule has 0 atom stereocenters. The standard InChI is InChI=1S/C15H20O2/c1-12-5-3-2-4-6-13-11-14(16)7-8-15(13)17-10-9-12/h5,7-8,11,16H,2-4,6,9-10H2,1H3/b12-5+. The van der Waals surface area contributed by atoms with E-state index < -0.39 is 0 Å². The maximum Gasteiger partial charge on any atom is 0.122 e. The minimum atomic E-state index is 0.330. The van der Waals surface area contributed by atoms with Crippen molar-refractivity contribution in [2.45, 2.75) is 39.0 Å². The van der Waals surface area contributed by atoms with Crippen LogP contribution in [0.4, 0.5) is 0 Å². The smallest absolute Gasteiger partial charge is 0.122 e. The second-order valence-corrected chi connectivity index (χ2v) is 4.69. The van der Waals surface area contributed by atoms with E-state index in [0.717, 1.165) is 43.6 Å². The predicted molar refractivity (Wildman–Crippen MR) is 69.5 cm³/mol. The van der Waals surface area contributed by atoms with Gasteiger partial charge in [0.05, 0.1) is 6.61 Å². The minimum absolute atomic E-state index is 0.330. The molecule has 0 unspecified atom stereocenters. The van der Waals surface area contributed by atoms with Crippen molar-refractivity contribution >= 4 is 0 Å². The number of ether oxygens (including phenoxy) is 1. The fourth-order valence-electron chi connectivity index (χ4n) is 2.13. The average Bonchev–Trinajstić information content (AvgIpc) is 2.34. The van der Waals surface area contributed by atoms with E-state index >= 15 is 0 Å². The van der Waals surface area contributed by atoms with Crippen LogP contribution in [0.5, 0.6) is 11.5 Å². The van der Waals surface area contributed by atoms with E-state index in [1.54, 1.807) is 6.07 Å².